The molecule has 1 aromatic carbocycles. The lowest BCUT2D eigenvalue weighted by atomic mass is 10.2. The molecule has 138 valence electrons. The first kappa shape index (κ1) is 17.9. The third kappa shape index (κ3) is 4.41. The summed E-state index contributed by atoms with van der Waals surface area (Å²) in [4.78, 5) is 16.4. The van der Waals surface area contributed by atoms with Crippen LogP contribution in [0.1, 0.15) is 19.8 Å². The number of nitrogens with zero attached hydrogens (tertiary/aromatic N) is 2. The summed E-state index contributed by atoms with van der Waals surface area (Å²) in [7, 11) is 1.96. The number of amides is 2. The van der Waals surface area contributed by atoms with Crippen molar-refractivity contribution in [2.24, 2.45) is 0 Å². The van der Waals surface area contributed by atoms with Gasteiger partial charge in [-0.2, -0.15) is 0 Å². The average molecular weight is 351 g/mol. The van der Waals surface area contributed by atoms with E-state index in [2.05, 4.69) is 10.2 Å². The zero-order chi connectivity index (χ0) is 17.8. The van der Waals surface area contributed by atoms with Crippen LogP contribution in [0, 0.1) is 5.82 Å². The van der Waals surface area contributed by atoms with Crippen molar-refractivity contribution in [2.75, 3.05) is 49.8 Å². The quantitative estimate of drug-likeness (QED) is 0.905. The van der Waals surface area contributed by atoms with Crippen LogP contribution in [0.25, 0.3) is 0 Å². The van der Waals surface area contributed by atoms with Gasteiger partial charge in [-0.15, -0.1) is 0 Å². The summed E-state index contributed by atoms with van der Waals surface area (Å²) < 4.78 is 24.8. The third-order valence-corrected chi connectivity index (χ3v) is 4.60. The molecular weight excluding hydrogens is 325 g/mol. The van der Waals surface area contributed by atoms with Crippen LogP contribution in [0.15, 0.2) is 18.2 Å². The first-order valence-corrected chi connectivity index (χ1v) is 8.82. The van der Waals surface area contributed by atoms with Crippen LogP contribution in [0.2, 0.25) is 0 Å². The molecule has 6 nitrogen and oxygen atoms in total. The number of halogens is 1. The molecule has 0 saturated carbocycles. The molecule has 0 radical (unpaired) electrons. The van der Waals surface area contributed by atoms with Crippen LogP contribution in [-0.4, -0.2) is 58.1 Å². The fourth-order valence-electron chi connectivity index (χ4n) is 3.21. The molecule has 2 aliphatic heterocycles. The number of nitrogens with one attached hydrogen (secondary N) is 1. The maximum Gasteiger partial charge on any atom is 0.322 e. The molecule has 2 heterocycles. The minimum atomic E-state index is -0.343. The highest BCUT2D eigenvalue weighted by Crippen LogP contribution is 2.32. The summed E-state index contributed by atoms with van der Waals surface area (Å²) in [5, 5.41) is 2.96. The number of fused-ring (bicyclic) bond motifs is 1. The SMILES string of the molecule is C[C@H](CO[C@@H]1CCOC1)NC(=O)N1CCCN(C)c2ccc(F)cc21. The van der Waals surface area contributed by atoms with Crippen molar-refractivity contribution in [1.29, 1.82) is 0 Å². The second kappa shape index (κ2) is 8.01. The smallest absolute Gasteiger partial charge is 0.322 e. The van der Waals surface area contributed by atoms with E-state index in [0.717, 1.165) is 31.7 Å². The summed E-state index contributed by atoms with van der Waals surface area (Å²) in [6, 6.07) is 4.22. The minimum absolute atomic E-state index is 0.112. The Morgan fingerprint density at radius 3 is 3.04 bits per heavy atom. The van der Waals surface area contributed by atoms with E-state index >= 15 is 0 Å². The van der Waals surface area contributed by atoms with Gasteiger partial charge in [0.25, 0.3) is 0 Å². The number of rotatable bonds is 4. The van der Waals surface area contributed by atoms with Gasteiger partial charge in [-0.3, -0.25) is 4.90 Å². The summed E-state index contributed by atoms with van der Waals surface area (Å²) in [5.41, 5.74) is 1.47. The molecule has 1 fully saturated rings. The van der Waals surface area contributed by atoms with E-state index in [9.17, 15) is 9.18 Å². The number of anilines is 2. The summed E-state index contributed by atoms with van der Waals surface area (Å²) in [6.07, 6.45) is 1.83. The lowest BCUT2D eigenvalue weighted by molar-refractivity contribution is 0.0339. The van der Waals surface area contributed by atoms with Gasteiger partial charge in [0, 0.05) is 26.7 Å². The predicted molar refractivity (Wildman–Crippen MR) is 94.8 cm³/mol. The normalized spacial score (nSPS) is 21.6. The highest BCUT2D eigenvalue weighted by Gasteiger charge is 2.25. The van der Waals surface area contributed by atoms with Crippen molar-refractivity contribution in [3.8, 4) is 0 Å². The van der Waals surface area contributed by atoms with Gasteiger partial charge >= 0.3 is 6.03 Å². The van der Waals surface area contributed by atoms with Gasteiger partial charge in [0.15, 0.2) is 0 Å². The maximum atomic E-state index is 13.7. The molecule has 0 aliphatic carbocycles. The largest absolute Gasteiger partial charge is 0.379 e. The molecule has 7 heteroatoms. The molecule has 0 unspecified atom stereocenters. The van der Waals surface area contributed by atoms with Gasteiger partial charge in [-0.1, -0.05) is 0 Å². The molecule has 2 amide bonds. The lowest BCUT2D eigenvalue weighted by Gasteiger charge is -2.26. The number of urea groups is 1. The standard InChI is InChI=1S/C18H26FN3O3/c1-13(11-25-15-6-9-24-12-15)20-18(23)22-8-3-7-21(2)16-5-4-14(19)10-17(16)22/h4-5,10,13,15H,3,6-9,11-12H2,1-2H3,(H,20,23)/t13-,15-/m1/s1. The third-order valence-electron chi connectivity index (χ3n) is 4.60. The number of ether oxygens (including phenoxy) is 2. The van der Waals surface area contributed by atoms with E-state index in [0.29, 0.717) is 25.4 Å². The maximum absolute atomic E-state index is 13.7. The van der Waals surface area contributed by atoms with Crippen molar-refractivity contribution in [1.82, 2.24) is 5.32 Å². The van der Waals surface area contributed by atoms with Crippen molar-refractivity contribution < 1.29 is 18.7 Å². The van der Waals surface area contributed by atoms with Gasteiger partial charge in [0.1, 0.15) is 5.82 Å². The Morgan fingerprint density at radius 2 is 2.28 bits per heavy atom. The molecule has 0 spiro atoms. The number of hydrogen-bond acceptors (Lipinski definition) is 4. The van der Waals surface area contributed by atoms with Crippen molar-refractivity contribution in [2.45, 2.75) is 31.9 Å². The Kier molecular flexibility index (Phi) is 5.75. The fraction of sp³-hybridized carbons (Fsp3) is 0.611. The van der Waals surface area contributed by atoms with Crippen LogP contribution < -0.4 is 15.1 Å². The molecule has 1 aromatic rings. The molecule has 0 bridgehead atoms. The molecule has 2 atom stereocenters. The van der Waals surface area contributed by atoms with E-state index < -0.39 is 0 Å². The highest BCUT2D eigenvalue weighted by atomic mass is 19.1. The summed E-state index contributed by atoms with van der Waals surface area (Å²) in [6.45, 7) is 5.06. The Bertz CT molecular complexity index is 607. The van der Waals surface area contributed by atoms with E-state index in [4.69, 9.17) is 9.47 Å². The molecule has 1 saturated heterocycles. The van der Waals surface area contributed by atoms with E-state index in [1.54, 1.807) is 11.0 Å². The molecule has 2 aliphatic rings. The second-order valence-corrected chi connectivity index (χ2v) is 6.73. The predicted octanol–water partition coefficient (Wildman–Crippen LogP) is 2.38. The van der Waals surface area contributed by atoms with Crippen LogP contribution in [-0.2, 0) is 9.47 Å². The molecular formula is C18H26FN3O3. The second-order valence-electron chi connectivity index (χ2n) is 6.73. The Labute approximate surface area is 147 Å². The van der Waals surface area contributed by atoms with Crippen molar-refractivity contribution in [3.63, 3.8) is 0 Å². The van der Waals surface area contributed by atoms with Crippen LogP contribution in [0.3, 0.4) is 0 Å². The van der Waals surface area contributed by atoms with Crippen molar-refractivity contribution >= 4 is 17.4 Å². The van der Waals surface area contributed by atoms with E-state index in [1.807, 2.05) is 14.0 Å². The molecule has 25 heavy (non-hydrogen) atoms. The summed E-state index contributed by atoms with van der Waals surface area (Å²) >= 11 is 0. The fourth-order valence-corrected chi connectivity index (χ4v) is 3.21. The van der Waals surface area contributed by atoms with Gasteiger partial charge < -0.3 is 19.7 Å². The number of benzene rings is 1. The Hall–Kier alpha value is -1.86. The highest BCUT2D eigenvalue weighted by molar-refractivity contribution is 5.96. The molecule has 1 N–H and O–H groups in total. The van der Waals surface area contributed by atoms with Gasteiger partial charge in [-0.05, 0) is 38.0 Å². The zero-order valence-corrected chi connectivity index (χ0v) is 14.8. The Morgan fingerprint density at radius 1 is 1.44 bits per heavy atom. The number of carbonyl (C=O) groups excluding carboxylic acids is 1. The topological polar surface area (TPSA) is 54.0 Å². The van der Waals surface area contributed by atoms with Crippen LogP contribution in [0.5, 0.6) is 0 Å². The average Bonchev–Trinajstić information content (AvgIpc) is 3.04. The minimum Gasteiger partial charge on any atom is -0.379 e. The lowest BCUT2D eigenvalue weighted by Crippen LogP contribution is -2.46. The Balaban J connectivity index is 1.64. The van der Waals surface area contributed by atoms with E-state index in [-0.39, 0.29) is 24.0 Å². The van der Waals surface area contributed by atoms with E-state index in [1.165, 1.54) is 12.1 Å². The first-order chi connectivity index (χ1) is 12.0. The van der Waals surface area contributed by atoms with Crippen LogP contribution in [0.4, 0.5) is 20.6 Å². The van der Waals surface area contributed by atoms with Gasteiger partial charge in [0.05, 0.1) is 36.7 Å². The first-order valence-electron chi connectivity index (χ1n) is 8.82. The van der Waals surface area contributed by atoms with Crippen LogP contribution >= 0.6 is 0 Å². The molecule has 3 rings (SSSR count). The molecule has 0 aromatic heterocycles. The number of hydrogen-bond donors (Lipinski definition) is 1. The number of carbonyl (C=O) groups is 1. The van der Waals surface area contributed by atoms with Crippen molar-refractivity contribution in [3.05, 3.63) is 24.0 Å². The monoisotopic (exact) mass is 351 g/mol. The van der Waals surface area contributed by atoms with Gasteiger partial charge in [-0.25, -0.2) is 9.18 Å². The zero-order valence-electron chi connectivity index (χ0n) is 14.8. The summed E-state index contributed by atoms with van der Waals surface area (Å²) in [5.74, 6) is -0.343. The van der Waals surface area contributed by atoms with Gasteiger partial charge in [0.2, 0.25) is 0 Å².